The van der Waals surface area contributed by atoms with Gasteiger partial charge < -0.3 is 10.2 Å². The van der Waals surface area contributed by atoms with Gasteiger partial charge in [0, 0.05) is 30.3 Å². The molecule has 1 saturated carbocycles. The smallest absolute Gasteiger partial charge is 0.255 e. The third kappa shape index (κ3) is 3.08. The number of anilines is 1. The standard InChI is InChI=1S/C20H25N3O3/c1-12-4-2-3-5-16(12)21-14-6-7-15-13(10-14)11-23(20(15)26)17-8-9-18(24)22-19(17)25/h6-7,10,12,16-17,21H,2-5,8-9,11H2,1H3,(H,22,24,25). The first kappa shape index (κ1) is 17.1. The van der Waals surface area contributed by atoms with Crippen molar-refractivity contribution in [3.05, 3.63) is 29.3 Å². The van der Waals surface area contributed by atoms with Crippen LogP contribution in [0.1, 0.15) is 61.4 Å². The first-order valence-corrected chi connectivity index (χ1v) is 9.57. The number of nitrogens with zero attached hydrogens (tertiary/aromatic N) is 1. The number of carbonyl (C=O) groups is 3. The molecular weight excluding hydrogens is 330 g/mol. The van der Waals surface area contributed by atoms with E-state index < -0.39 is 6.04 Å². The average molecular weight is 355 g/mol. The Hall–Kier alpha value is -2.37. The fourth-order valence-corrected chi connectivity index (χ4v) is 4.41. The minimum absolute atomic E-state index is 0.118. The fourth-order valence-electron chi connectivity index (χ4n) is 4.41. The second-order valence-electron chi connectivity index (χ2n) is 7.78. The number of carbonyl (C=O) groups excluding carboxylic acids is 3. The number of benzene rings is 1. The SMILES string of the molecule is CC1CCCCC1Nc1ccc2c(c1)CN(C1CCC(=O)NC1=O)C2=O. The van der Waals surface area contributed by atoms with Crippen molar-refractivity contribution in [2.24, 2.45) is 5.92 Å². The maximum atomic E-state index is 12.7. The van der Waals surface area contributed by atoms with Gasteiger partial charge in [0.2, 0.25) is 11.8 Å². The molecule has 1 aromatic rings. The molecule has 138 valence electrons. The molecule has 2 fully saturated rings. The van der Waals surface area contributed by atoms with E-state index in [0.29, 0.717) is 30.5 Å². The predicted octanol–water partition coefficient (Wildman–Crippen LogP) is 2.44. The highest BCUT2D eigenvalue weighted by molar-refractivity contribution is 6.05. The third-order valence-electron chi connectivity index (χ3n) is 5.99. The molecule has 0 bridgehead atoms. The van der Waals surface area contributed by atoms with Gasteiger partial charge in [0.05, 0.1) is 0 Å². The molecule has 6 heteroatoms. The number of hydrogen-bond donors (Lipinski definition) is 2. The molecule has 3 amide bonds. The highest BCUT2D eigenvalue weighted by Gasteiger charge is 2.39. The van der Waals surface area contributed by atoms with Crippen LogP contribution in [-0.2, 0) is 16.1 Å². The maximum absolute atomic E-state index is 12.7. The molecule has 3 atom stereocenters. The predicted molar refractivity (Wildman–Crippen MR) is 97.5 cm³/mol. The summed E-state index contributed by atoms with van der Waals surface area (Å²) in [6.45, 7) is 2.72. The summed E-state index contributed by atoms with van der Waals surface area (Å²) in [6, 6.07) is 5.79. The van der Waals surface area contributed by atoms with Gasteiger partial charge in [0.15, 0.2) is 0 Å². The highest BCUT2D eigenvalue weighted by Crippen LogP contribution is 2.31. The number of hydrogen-bond acceptors (Lipinski definition) is 4. The number of imide groups is 1. The van der Waals surface area contributed by atoms with Gasteiger partial charge in [-0.25, -0.2) is 0 Å². The largest absolute Gasteiger partial charge is 0.382 e. The minimum Gasteiger partial charge on any atom is -0.382 e. The van der Waals surface area contributed by atoms with Crippen LogP contribution < -0.4 is 10.6 Å². The first-order chi connectivity index (χ1) is 12.5. The molecule has 3 aliphatic rings. The number of rotatable bonds is 3. The van der Waals surface area contributed by atoms with E-state index in [1.54, 1.807) is 4.90 Å². The molecule has 2 aliphatic heterocycles. The Kier molecular flexibility index (Phi) is 4.42. The van der Waals surface area contributed by atoms with Crippen molar-refractivity contribution < 1.29 is 14.4 Å². The third-order valence-corrected chi connectivity index (χ3v) is 5.99. The van der Waals surface area contributed by atoms with Gasteiger partial charge in [-0.15, -0.1) is 0 Å². The van der Waals surface area contributed by atoms with Crippen molar-refractivity contribution >= 4 is 23.4 Å². The second-order valence-corrected chi connectivity index (χ2v) is 7.78. The van der Waals surface area contributed by atoms with Crippen molar-refractivity contribution in [2.75, 3.05) is 5.32 Å². The van der Waals surface area contributed by atoms with E-state index in [1.807, 2.05) is 18.2 Å². The van der Waals surface area contributed by atoms with Gasteiger partial charge in [-0.05, 0) is 48.9 Å². The summed E-state index contributed by atoms with van der Waals surface area (Å²) in [5.74, 6) is -0.0917. The summed E-state index contributed by atoms with van der Waals surface area (Å²) in [6.07, 6.45) is 5.68. The minimum atomic E-state index is -0.553. The number of piperidine rings is 1. The Labute approximate surface area is 153 Å². The zero-order chi connectivity index (χ0) is 18.3. The molecule has 2 N–H and O–H groups in total. The molecule has 0 aromatic heterocycles. The summed E-state index contributed by atoms with van der Waals surface area (Å²) in [5, 5.41) is 5.97. The van der Waals surface area contributed by atoms with Crippen molar-refractivity contribution in [1.82, 2.24) is 10.2 Å². The van der Waals surface area contributed by atoms with Crippen LogP contribution >= 0.6 is 0 Å². The molecular formula is C20H25N3O3. The van der Waals surface area contributed by atoms with Gasteiger partial charge in [0.25, 0.3) is 5.91 Å². The van der Waals surface area contributed by atoms with E-state index in [1.165, 1.54) is 25.7 Å². The Morgan fingerprint density at radius 1 is 1.12 bits per heavy atom. The van der Waals surface area contributed by atoms with Crippen molar-refractivity contribution in [3.8, 4) is 0 Å². The maximum Gasteiger partial charge on any atom is 0.255 e. The van der Waals surface area contributed by atoms with E-state index >= 15 is 0 Å². The quantitative estimate of drug-likeness (QED) is 0.817. The molecule has 26 heavy (non-hydrogen) atoms. The average Bonchev–Trinajstić information content (AvgIpc) is 2.93. The lowest BCUT2D eigenvalue weighted by molar-refractivity contribution is -0.136. The molecule has 0 radical (unpaired) electrons. The van der Waals surface area contributed by atoms with Crippen LogP contribution in [0.2, 0.25) is 0 Å². The van der Waals surface area contributed by atoms with Crippen LogP contribution in [0.4, 0.5) is 5.69 Å². The Morgan fingerprint density at radius 2 is 1.92 bits per heavy atom. The lowest BCUT2D eigenvalue weighted by Gasteiger charge is -2.30. The van der Waals surface area contributed by atoms with Crippen LogP contribution in [0.5, 0.6) is 0 Å². The Bertz CT molecular complexity index is 761. The molecule has 6 nitrogen and oxygen atoms in total. The lowest BCUT2D eigenvalue weighted by Crippen LogP contribution is -2.52. The van der Waals surface area contributed by atoms with Crippen molar-refractivity contribution in [1.29, 1.82) is 0 Å². The van der Waals surface area contributed by atoms with Crippen LogP contribution in [0.15, 0.2) is 18.2 Å². The molecule has 2 heterocycles. The van der Waals surface area contributed by atoms with Gasteiger partial charge >= 0.3 is 0 Å². The molecule has 4 rings (SSSR count). The first-order valence-electron chi connectivity index (χ1n) is 9.57. The second kappa shape index (κ2) is 6.74. The monoisotopic (exact) mass is 355 g/mol. The van der Waals surface area contributed by atoms with E-state index in [0.717, 1.165) is 11.3 Å². The zero-order valence-corrected chi connectivity index (χ0v) is 15.1. The lowest BCUT2D eigenvalue weighted by atomic mass is 9.86. The topological polar surface area (TPSA) is 78.5 Å². The normalized spacial score (nSPS) is 28.7. The van der Waals surface area contributed by atoms with Crippen molar-refractivity contribution in [3.63, 3.8) is 0 Å². The van der Waals surface area contributed by atoms with Gasteiger partial charge in [0.1, 0.15) is 6.04 Å². The summed E-state index contributed by atoms with van der Waals surface area (Å²) >= 11 is 0. The number of amides is 3. The summed E-state index contributed by atoms with van der Waals surface area (Å²) in [5.41, 5.74) is 2.66. The van der Waals surface area contributed by atoms with E-state index in [9.17, 15) is 14.4 Å². The van der Waals surface area contributed by atoms with Crippen LogP contribution in [-0.4, -0.2) is 34.7 Å². The Morgan fingerprint density at radius 3 is 2.69 bits per heavy atom. The van der Waals surface area contributed by atoms with Crippen molar-refractivity contribution in [2.45, 2.75) is 64.1 Å². The highest BCUT2D eigenvalue weighted by atomic mass is 16.2. The van der Waals surface area contributed by atoms with E-state index in [-0.39, 0.29) is 24.1 Å². The Balaban J connectivity index is 1.49. The summed E-state index contributed by atoms with van der Waals surface area (Å²) in [7, 11) is 0. The fraction of sp³-hybridized carbons (Fsp3) is 0.550. The molecule has 1 saturated heterocycles. The molecule has 0 spiro atoms. The number of nitrogens with one attached hydrogen (secondary N) is 2. The summed E-state index contributed by atoms with van der Waals surface area (Å²) in [4.78, 5) is 37.8. The zero-order valence-electron chi connectivity index (χ0n) is 15.1. The number of fused-ring (bicyclic) bond motifs is 1. The van der Waals surface area contributed by atoms with E-state index in [4.69, 9.17) is 0 Å². The molecule has 1 aliphatic carbocycles. The van der Waals surface area contributed by atoms with Gasteiger partial charge in [-0.2, -0.15) is 0 Å². The van der Waals surface area contributed by atoms with Crippen LogP contribution in [0, 0.1) is 5.92 Å². The van der Waals surface area contributed by atoms with Crippen LogP contribution in [0.3, 0.4) is 0 Å². The van der Waals surface area contributed by atoms with Crippen LogP contribution in [0.25, 0.3) is 0 Å². The summed E-state index contributed by atoms with van der Waals surface area (Å²) < 4.78 is 0. The van der Waals surface area contributed by atoms with Gasteiger partial charge in [-0.1, -0.05) is 19.8 Å². The van der Waals surface area contributed by atoms with E-state index in [2.05, 4.69) is 17.6 Å². The molecule has 1 aromatic carbocycles. The van der Waals surface area contributed by atoms with Gasteiger partial charge in [-0.3, -0.25) is 19.7 Å². The molecule has 3 unspecified atom stereocenters.